The fraction of sp³-hybridized carbons (Fsp3) is 0.308. The van der Waals surface area contributed by atoms with Crippen LogP contribution < -0.4 is 0 Å². The van der Waals surface area contributed by atoms with Crippen LogP contribution in [0.25, 0.3) is 0 Å². The van der Waals surface area contributed by atoms with E-state index in [9.17, 15) is 4.79 Å². The molecule has 15 heavy (non-hydrogen) atoms. The number of carbonyl (C=O) groups is 1. The first-order chi connectivity index (χ1) is 7.16. The average molecular weight is 200 g/mol. The molecule has 1 saturated carbocycles. The van der Waals surface area contributed by atoms with Crippen LogP contribution >= 0.6 is 0 Å². The number of rotatable bonds is 1. The van der Waals surface area contributed by atoms with E-state index in [1.54, 1.807) is 19.1 Å². The molecule has 1 N–H and O–H groups in total. The van der Waals surface area contributed by atoms with Crippen LogP contribution in [0.5, 0.6) is 0 Å². The Hall–Kier alpha value is -1.75. The first-order valence-corrected chi connectivity index (χ1v) is 5.02. The summed E-state index contributed by atoms with van der Waals surface area (Å²) in [5, 5.41) is 8.85. The van der Waals surface area contributed by atoms with Gasteiger partial charge in [-0.3, -0.25) is 0 Å². The highest BCUT2D eigenvalue weighted by Crippen LogP contribution is 2.27. The SMILES string of the molecule is Cc1cc(C#CC2CC2)ccc1C(=O)O. The molecule has 2 nitrogen and oxygen atoms in total. The Morgan fingerprint density at radius 1 is 1.47 bits per heavy atom. The zero-order valence-corrected chi connectivity index (χ0v) is 8.58. The van der Waals surface area contributed by atoms with Gasteiger partial charge in [0.15, 0.2) is 0 Å². The molecule has 1 aliphatic carbocycles. The highest BCUT2D eigenvalue weighted by molar-refractivity contribution is 5.89. The van der Waals surface area contributed by atoms with E-state index in [2.05, 4.69) is 11.8 Å². The zero-order chi connectivity index (χ0) is 10.8. The summed E-state index contributed by atoms with van der Waals surface area (Å²) in [6, 6.07) is 5.22. The minimum absolute atomic E-state index is 0.354. The van der Waals surface area contributed by atoms with E-state index in [1.807, 2.05) is 6.07 Å². The molecule has 76 valence electrons. The van der Waals surface area contributed by atoms with Crippen LogP contribution in [0.15, 0.2) is 18.2 Å². The number of hydrogen-bond donors (Lipinski definition) is 1. The first-order valence-electron chi connectivity index (χ1n) is 5.02. The Balaban J connectivity index is 2.25. The third kappa shape index (κ3) is 2.38. The van der Waals surface area contributed by atoms with Gasteiger partial charge in [0.1, 0.15) is 0 Å². The lowest BCUT2D eigenvalue weighted by Crippen LogP contribution is -1.99. The van der Waals surface area contributed by atoms with Gasteiger partial charge < -0.3 is 5.11 Å². The van der Waals surface area contributed by atoms with Crippen molar-refractivity contribution in [2.45, 2.75) is 19.8 Å². The number of carboxylic acids is 1. The third-order valence-corrected chi connectivity index (χ3v) is 2.45. The standard InChI is InChI=1S/C13H12O2/c1-9-8-11(5-4-10-2-3-10)6-7-12(9)13(14)15/h6-8,10H,2-3H2,1H3,(H,14,15). The number of hydrogen-bond acceptors (Lipinski definition) is 1. The summed E-state index contributed by atoms with van der Waals surface area (Å²) in [6.45, 7) is 1.80. The fourth-order valence-electron chi connectivity index (χ4n) is 1.39. The van der Waals surface area contributed by atoms with Gasteiger partial charge >= 0.3 is 5.97 Å². The normalized spacial score (nSPS) is 14.2. The highest BCUT2D eigenvalue weighted by atomic mass is 16.4. The Labute approximate surface area is 88.9 Å². The van der Waals surface area contributed by atoms with Gasteiger partial charge in [-0.2, -0.15) is 0 Å². The van der Waals surface area contributed by atoms with Crippen molar-refractivity contribution in [2.75, 3.05) is 0 Å². The molecule has 0 bridgehead atoms. The monoisotopic (exact) mass is 200 g/mol. The van der Waals surface area contributed by atoms with Crippen molar-refractivity contribution in [3.05, 3.63) is 34.9 Å². The molecule has 0 aromatic heterocycles. The lowest BCUT2D eigenvalue weighted by molar-refractivity contribution is 0.0696. The molecule has 0 aliphatic heterocycles. The summed E-state index contributed by atoms with van der Waals surface area (Å²) in [7, 11) is 0. The molecule has 2 rings (SSSR count). The van der Waals surface area contributed by atoms with Crippen molar-refractivity contribution in [1.29, 1.82) is 0 Å². The summed E-state index contributed by atoms with van der Waals surface area (Å²) in [5.41, 5.74) is 2.03. The zero-order valence-electron chi connectivity index (χ0n) is 8.58. The van der Waals surface area contributed by atoms with Crippen molar-refractivity contribution in [2.24, 2.45) is 5.92 Å². The van der Waals surface area contributed by atoms with Crippen molar-refractivity contribution in [3.63, 3.8) is 0 Å². The molecule has 0 atom stereocenters. The predicted octanol–water partition coefficient (Wildman–Crippen LogP) is 2.45. The van der Waals surface area contributed by atoms with E-state index in [-0.39, 0.29) is 0 Å². The molecule has 0 heterocycles. The maximum Gasteiger partial charge on any atom is 0.335 e. The van der Waals surface area contributed by atoms with Crippen LogP contribution in [-0.4, -0.2) is 11.1 Å². The lowest BCUT2D eigenvalue weighted by Gasteiger charge is -2.00. The van der Waals surface area contributed by atoms with Gasteiger partial charge in [0.25, 0.3) is 0 Å². The summed E-state index contributed by atoms with van der Waals surface area (Å²) in [5.74, 6) is 5.92. The summed E-state index contributed by atoms with van der Waals surface area (Å²) >= 11 is 0. The van der Waals surface area contributed by atoms with Crippen LogP contribution in [0, 0.1) is 24.7 Å². The molecule has 1 aromatic carbocycles. The Morgan fingerprint density at radius 2 is 2.20 bits per heavy atom. The predicted molar refractivity (Wildman–Crippen MR) is 57.7 cm³/mol. The number of aromatic carboxylic acids is 1. The minimum Gasteiger partial charge on any atom is -0.478 e. The summed E-state index contributed by atoms with van der Waals surface area (Å²) in [6.07, 6.45) is 2.42. The number of aryl methyl sites for hydroxylation is 1. The molecule has 2 heteroatoms. The van der Waals surface area contributed by atoms with E-state index in [0.29, 0.717) is 11.5 Å². The lowest BCUT2D eigenvalue weighted by atomic mass is 10.1. The molecule has 1 aliphatic rings. The number of benzene rings is 1. The van der Waals surface area contributed by atoms with Crippen LogP contribution in [0.3, 0.4) is 0 Å². The van der Waals surface area contributed by atoms with Crippen molar-refractivity contribution < 1.29 is 9.90 Å². The topological polar surface area (TPSA) is 37.3 Å². The van der Waals surface area contributed by atoms with Crippen LogP contribution in [0.4, 0.5) is 0 Å². The van der Waals surface area contributed by atoms with Gasteiger partial charge in [-0.15, -0.1) is 0 Å². The molecule has 1 aromatic rings. The van der Waals surface area contributed by atoms with E-state index < -0.39 is 5.97 Å². The second-order valence-electron chi connectivity index (χ2n) is 3.88. The molecule has 0 spiro atoms. The van der Waals surface area contributed by atoms with E-state index in [0.717, 1.165) is 11.1 Å². The van der Waals surface area contributed by atoms with Gasteiger partial charge in [0.2, 0.25) is 0 Å². The smallest absolute Gasteiger partial charge is 0.335 e. The Bertz CT molecular complexity index is 459. The molecule has 1 fully saturated rings. The maximum absolute atomic E-state index is 10.8. The molecule has 0 saturated heterocycles. The molecule has 0 radical (unpaired) electrons. The Kier molecular flexibility index (Phi) is 2.47. The second kappa shape index (κ2) is 3.78. The van der Waals surface area contributed by atoms with Crippen LogP contribution in [0.1, 0.15) is 34.3 Å². The summed E-state index contributed by atoms with van der Waals surface area (Å²) < 4.78 is 0. The van der Waals surface area contributed by atoms with Gasteiger partial charge in [-0.05, 0) is 43.5 Å². The van der Waals surface area contributed by atoms with Gasteiger partial charge in [-0.1, -0.05) is 11.8 Å². The van der Waals surface area contributed by atoms with Crippen molar-refractivity contribution in [3.8, 4) is 11.8 Å². The van der Waals surface area contributed by atoms with Crippen molar-refractivity contribution >= 4 is 5.97 Å². The largest absolute Gasteiger partial charge is 0.478 e. The first kappa shape index (κ1) is 9.79. The summed E-state index contributed by atoms with van der Waals surface area (Å²) in [4.78, 5) is 10.8. The van der Waals surface area contributed by atoms with Gasteiger partial charge in [0.05, 0.1) is 5.56 Å². The van der Waals surface area contributed by atoms with E-state index in [1.165, 1.54) is 12.8 Å². The maximum atomic E-state index is 10.8. The second-order valence-corrected chi connectivity index (χ2v) is 3.88. The molecular weight excluding hydrogens is 188 g/mol. The van der Waals surface area contributed by atoms with E-state index in [4.69, 9.17) is 5.11 Å². The minimum atomic E-state index is -0.880. The van der Waals surface area contributed by atoms with Gasteiger partial charge in [-0.25, -0.2) is 4.79 Å². The van der Waals surface area contributed by atoms with Gasteiger partial charge in [0, 0.05) is 11.5 Å². The number of carboxylic acid groups (broad SMARTS) is 1. The fourth-order valence-corrected chi connectivity index (χ4v) is 1.39. The molecule has 0 unspecified atom stereocenters. The molecule has 0 amide bonds. The Morgan fingerprint density at radius 3 is 2.73 bits per heavy atom. The van der Waals surface area contributed by atoms with Crippen LogP contribution in [0.2, 0.25) is 0 Å². The average Bonchev–Trinajstić information content (AvgIpc) is 2.97. The quantitative estimate of drug-likeness (QED) is 0.707. The van der Waals surface area contributed by atoms with Crippen LogP contribution in [-0.2, 0) is 0 Å². The highest BCUT2D eigenvalue weighted by Gasteiger charge is 2.17. The van der Waals surface area contributed by atoms with Crippen molar-refractivity contribution in [1.82, 2.24) is 0 Å². The van der Waals surface area contributed by atoms with E-state index >= 15 is 0 Å². The third-order valence-electron chi connectivity index (χ3n) is 2.45. The molecular formula is C13H12O2.